The maximum absolute atomic E-state index is 12.0. The number of carbonyl (C=O) groups excluding carboxylic acids is 1. The molecule has 2 aliphatic rings. The summed E-state index contributed by atoms with van der Waals surface area (Å²) in [5, 5.41) is 8.75. The van der Waals surface area contributed by atoms with E-state index in [-0.39, 0.29) is 17.4 Å². The summed E-state index contributed by atoms with van der Waals surface area (Å²) >= 11 is 0. The highest BCUT2D eigenvalue weighted by molar-refractivity contribution is 6.01. The number of carbonyl (C=O) groups is 2. The Hall–Kier alpha value is -1.58. The summed E-state index contributed by atoms with van der Waals surface area (Å²) in [5.41, 5.74) is 0.617. The number of H-pyrrole nitrogens is 1. The molecule has 0 aromatic carbocycles. The van der Waals surface area contributed by atoms with E-state index < -0.39 is 5.97 Å². The fourth-order valence-corrected chi connectivity index (χ4v) is 3.06. The number of aromatic nitrogens is 1. The highest BCUT2D eigenvalue weighted by atomic mass is 16.4. The van der Waals surface area contributed by atoms with Crippen molar-refractivity contribution >= 4 is 11.8 Å². The molecule has 2 unspecified atom stereocenters. The molecule has 0 spiro atoms. The largest absolute Gasteiger partial charge is 0.477 e. The van der Waals surface area contributed by atoms with Gasteiger partial charge in [-0.2, -0.15) is 0 Å². The van der Waals surface area contributed by atoms with Gasteiger partial charge in [0.1, 0.15) is 5.69 Å². The van der Waals surface area contributed by atoms with Crippen molar-refractivity contribution in [2.24, 2.45) is 17.8 Å². The van der Waals surface area contributed by atoms with E-state index in [1.807, 2.05) is 0 Å². The Morgan fingerprint density at radius 3 is 2.56 bits per heavy atom. The number of carboxylic acids is 1. The van der Waals surface area contributed by atoms with Gasteiger partial charge in [-0.1, -0.05) is 6.42 Å². The molecule has 2 fully saturated rings. The zero-order chi connectivity index (χ0) is 11.3. The molecule has 0 aliphatic heterocycles. The molecule has 0 radical (unpaired) electrons. The Morgan fingerprint density at radius 1 is 1.31 bits per heavy atom. The van der Waals surface area contributed by atoms with Crippen LogP contribution in [0.3, 0.4) is 0 Å². The molecule has 0 saturated heterocycles. The van der Waals surface area contributed by atoms with Gasteiger partial charge in [0.15, 0.2) is 5.78 Å². The standard InChI is InChI=1S/C12H13NO3/c14-11(10-7-2-1-3-8(7)10)6-4-9(12(15)16)13-5-6/h4-5,7-8,10,13H,1-3H2,(H,15,16). The molecule has 2 saturated carbocycles. The molecular formula is C12H13NO3. The van der Waals surface area contributed by atoms with Crippen molar-refractivity contribution in [2.45, 2.75) is 19.3 Å². The van der Waals surface area contributed by atoms with E-state index in [0.717, 1.165) is 12.8 Å². The second-order valence-electron chi connectivity index (χ2n) is 4.76. The highest BCUT2D eigenvalue weighted by Crippen LogP contribution is 2.58. The summed E-state index contributed by atoms with van der Waals surface area (Å²) in [6.45, 7) is 0. The van der Waals surface area contributed by atoms with Gasteiger partial charge in [-0.15, -0.1) is 0 Å². The summed E-state index contributed by atoms with van der Waals surface area (Å²) < 4.78 is 0. The highest BCUT2D eigenvalue weighted by Gasteiger charge is 2.56. The number of nitrogens with one attached hydrogen (secondary N) is 1. The van der Waals surface area contributed by atoms with Gasteiger partial charge in [0, 0.05) is 17.7 Å². The Morgan fingerprint density at radius 2 is 2.00 bits per heavy atom. The van der Waals surface area contributed by atoms with Crippen molar-refractivity contribution in [1.29, 1.82) is 0 Å². The van der Waals surface area contributed by atoms with Crippen molar-refractivity contribution < 1.29 is 14.7 Å². The van der Waals surface area contributed by atoms with Gasteiger partial charge >= 0.3 is 5.97 Å². The molecule has 1 aromatic heterocycles. The lowest BCUT2D eigenvalue weighted by Gasteiger charge is -1.99. The Bertz CT molecular complexity index is 453. The van der Waals surface area contributed by atoms with Crippen molar-refractivity contribution in [3.05, 3.63) is 23.5 Å². The lowest BCUT2D eigenvalue weighted by molar-refractivity contribution is 0.0691. The molecule has 1 aromatic rings. The zero-order valence-corrected chi connectivity index (χ0v) is 8.77. The van der Waals surface area contributed by atoms with Gasteiger partial charge in [-0.3, -0.25) is 4.79 Å². The van der Waals surface area contributed by atoms with E-state index in [0.29, 0.717) is 17.4 Å². The lowest BCUT2D eigenvalue weighted by Crippen LogP contribution is -2.05. The van der Waals surface area contributed by atoms with E-state index in [9.17, 15) is 9.59 Å². The molecule has 84 valence electrons. The van der Waals surface area contributed by atoms with Gasteiger partial charge in [-0.25, -0.2) is 4.79 Å². The number of ketones is 1. The van der Waals surface area contributed by atoms with Gasteiger partial charge in [-0.05, 0) is 30.7 Å². The topological polar surface area (TPSA) is 70.2 Å². The molecule has 2 aliphatic carbocycles. The predicted octanol–water partition coefficient (Wildman–Crippen LogP) is 1.94. The van der Waals surface area contributed by atoms with E-state index in [1.54, 1.807) is 0 Å². The van der Waals surface area contributed by atoms with Crippen LogP contribution in [0.15, 0.2) is 12.3 Å². The second kappa shape index (κ2) is 3.20. The minimum Gasteiger partial charge on any atom is -0.477 e. The van der Waals surface area contributed by atoms with Crippen LogP contribution in [0, 0.1) is 17.8 Å². The Labute approximate surface area is 92.7 Å². The number of hydrogen-bond donors (Lipinski definition) is 2. The summed E-state index contributed by atoms with van der Waals surface area (Å²) in [4.78, 5) is 25.3. The number of aromatic carboxylic acids is 1. The third-order valence-corrected chi connectivity index (χ3v) is 3.91. The smallest absolute Gasteiger partial charge is 0.352 e. The monoisotopic (exact) mass is 219 g/mol. The first kappa shape index (κ1) is 9.63. The Kier molecular flexibility index (Phi) is 1.93. The van der Waals surface area contributed by atoms with Crippen molar-refractivity contribution in [1.82, 2.24) is 4.98 Å². The van der Waals surface area contributed by atoms with Gasteiger partial charge in [0.25, 0.3) is 0 Å². The van der Waals surface area contributed by atoms with Crippen LogP contribution in [0.5, 0.6) is 0 Å². The number of Topliss-reactive ketones (excluding diaryl/α,β-unsaturated/α-hetero) is 1. The van der Waals surface area contributed by atoms with Crippen LogP contribution < -0.4 is 0 Å². The molecule has 4 nitrogen and oxygen atoms in total. The normalized spacial score (nSPS) is 31.1. The summed E-state index contributed by atoms with van der Waals surface area (Å²) in [6, 6.07) is 1.44. The number of fused-ring (bicyclic) bond motifs is 1. The minimum atomic E-state index is -1.02. The molecule has 2 N–H and O–H groups in total. The summed E-state index contributed by atoms with van der Waals surface area (Å²) in [6.07, 6.45) is 5.08. The average molecular weight is 219 g/mol. The molecule has 0 amide bonds. The van der Waals surface area contributed by atoms with Crippen molar-refractivity contribution in [3.63, 3.8) is 0 Å². The lowest BCUT2D eigenvalue weighted by atomic mass is 10.0. The van der Waals surface area contributed by atoms with Crippen LogP contribution in [-0.4, -0.2) is 21.8 Å². The SMILES string of the molecule is O=C(O)c1cc(C(=O)C2C3CCCC32)c[nH]1. The summed E-state index contributed by atoms with van der Waals surface area (Å²) in [5.74, 6) is 0.436. The van der Waals surface area contributed by atoms with Crippen molar-refractivity contribution in [2.75, 3.05) is 0 Å². The van der Waals surface area contributed by atoms with E-state index in [4.69, 9.17) is 5.11 Å². The molecule has 16 heavy (non-hydrogen) atoms. The third-order valence-electron chi connectivity index (χ3n) is 3.91. The predicted molar refractivity (Wildman–Crippen MR) is 56.4 cm³/mol. The molecular weight excluding hydrogens is 206 g/mol. The number of carboxylic acid groups (broad SMARTS) is 1. The number of rotatable bonds is 3. The first-order valence-electron chi connectivity index (χ1n) is 5.64. The maximum Gasteiger partial charge on any atom is 0.352 e. The van der Waals surface area contributed by atoms with Crippen LogP contribution in [-0.2, 0) is 0 Å². The van der Waals surface area contributed by atoms with E-state index in [2.05, 4.69) is 4.98 Å². The summed E-state index contributed by atoms with van der Waals surface area (Å²) in [7, 11) is 0. The quantitative estimate of drug-likeness (QED) is 0.763. The maximum atomic E-state index is 12.0. The van der Waals surface area contributed by atoms with Crippen LogP contribution in [0.4, 0.5) is 0 Å². The second-order valence-corrected chi connectivity index (χ2v) is 4.76. The average Bonchev–Trinajstić information content (AvgIpc) is 2.74. The Balaban J connectivity index is 1.77. The molecule has 1 heterocycles. The number of aromatic amines is 1. The van der Waals surface area contributed by atoms with Crippen LogP contribution in [0.2, 0.25) is 0 Å². The van der Waals surface area contributed by atoms with Crippen LogP contribution in [0.1, 0.15) is 40.1 Å². The molecule has 2 atom stereocenters. The first-order valence-corrected chi connectivity index (χ1v) is 5.64. The van der Waals surface area contributed by atoms with Gasteiger partial charge < -0.3 is 10.1 Å². The fraction of sp³-hybridized carbons (Fsp3) is 0.500. The zero-order valence-electron chi connectivity index (χ0n) is 8.77. The fourth-order valence-electron chi connectivity index (χ4n) is 3.06. The molecule has 3 rings (SSSR count). The van der Waals surface area contributed by atoms with Crippen LogP contribution >= 0.6 is 0 Å². The van der Waals surface area contributed by atoms with Gasteiger partial charge in [0.05, 0.1) is 0 Å². The van der Waals surface area contributed by atoms with Gasteiger partial charge in [0.2, 0.25) is 0 Å². The first-order chi connectivity index (χ1) is 7.68. The number of hydrogen-bond acceptors (Lipinski definition) is 2. The van der Waals surface area contributed by atoms with Crippen molar-refractivity contribution in [3.8, 4) is 0 Å². The minimum absolute atomic E-state index is 0.0918. The van der Waals surface area contributed by atoms with Crippen LogP contribution in [0.25, 0.3) is 0 Å². The van der Waals surface area contributed by atoms with E-state index >= 15 is 0 Å². The molecule has 4 heteroatoms. The third kappa shape index (κ3) is 1.29. The molecule has 0 bridgehead atoms. The van der Waals surface area contributed by atoms with E-state index in [1.165, 1.54) is 18.7 Å².